The minimum Gasteiger partial charge on any atom is -0.332 e. The Balaban J connectivity index is 2.79. The predicted molar refractivity (Wildman–Crippen MR) is 67.1 cm³/mol. The molecule has 0 aromatic heterocycles. The smallest absolute Gasteiger partial charge is 0.116 e. The lowest BCUT2D eigenvalue weighted by Crippen LogP contribution is -2.63. The molecule has 1 N–H and O–H groups in total. The van der Waals surface area contributed by atoms with Crippen LogP contribution in [0.3, 0.4) is 0 Å². The van der Waals surface area contributed by atoms with Crippen LogP contribution in [0.5, 0.6) is 0 Å². The maximum Gasteiger partial charge on any atom is 0.116 e. The van der Waals surface area contributed by atoms with Crippen LogP contribution in [0.4, 0.5) is 0 Å². The summed E-state index contributed by atoms with van der Waals surface area (Å²) in [5.74, 6) is 0. The summed E-state index contributed by atoms with van der Waals surface area (Å²) in [6, 6.07) is 0. The van der Waals surface area contributed by atoms with Gasteiger partial charge in [0.2, 0.25) is 0 Å². The molecule has 2 heteroatoms. The molecular weight excluding hydrogens is 186 g/mol. The third-order valence-electron chi connectivity index (χ3n) is 3.87. The molecule has 1 saturated carbocycles. The summed E-state index contributed by atoms with van der Waals surface area (Å²) in [6.45, 7) is 14.5. The van der Waals surface area contributed by atoms with E-state index in [2.05, 4.69) is 45.4 Å². The summed E-state index contributed by atoms with van der Waals surface area (Å²) >= 11 is 0. The lowest BCUT2D eigenvalue weighted by molar-refractivity contribution is 0.0975. The molecule has 0 aromatic rings. The Morgan fingerprint density at radius 3 is 1.86 bits per heavy atom. The molecule has 0 bridgehead atoms. The molecule has 1 nitrogen and oxygen atoms in total. The van der Waals surface area contributed by atoms with Gasteiger partial charge in [-0.2, -0.15) is 0 Å². The van der Waals surface area contributed by atoms with Crippen LogP contribution in [0.25, 0.3) is 0 Å². The molecule has 1 aliphatic carbocycles. The highest BCUT2D eigenvalue weighted by Gasteiger charge is 2.44. The van der Waals surface area contributed by atoms with Crippen molar-refractivity contribution >= 4 is 8.24 Å². The molecule has 0 saturated heterocycles. The largest absolute Gasteiger partial charge is 0.332 e. The van der Waals surface area contributed by atoms with Crippen molar-refractivity contribution in [3.05, 3.63) is 0 Å². The summed E-state index contributed by atoms with van der Waals surface area (Å²) in [7, 11) is -1.16. The third kappa shape index (κ3) is 2.60. The van der Waals surface area contributed by atoms with E-state index in [0.717, 1.165) is 0 Å². The van der Waals surface area contributed by atoms with Gasteiger partial charge in [0.1, 0.15) is 8.24 Å². The molecule has 0 aromatic carbocycles. The second kappa shape index (κ2) is 3.64. The first-order valence-electron chi connectivity index (χ1n) is 5.96. The van der Waals surface area contributed by atoms with Gasteiger partial charge in [-0.25, -0.2) is 0 Å². The summed E-state index contributed by atoms with van der Waals surface area (Å²) in [5, 5.41) is 0. The lowest BCUT2D eigenvalue weighted by Gasteiger charge is -2.51. The van der Waals surface area contributed by atoms with Crippen LogP contribution in [0.2, 0.25) is 19.6 Å². The van der Waals surface area contributed by atoms with Gasteiger partial charge in [-0.05, 0) is 25.2 Å². The fraction of sp³-hybridized carbons (Fsp3) is 1.00. The van der Waals surface area contributed by atoms with E-state index in [9.17, 15) is 0 Å². The zero-order chi connectivity index (χ0) is 11.0. The van der Waals surface area contributed by atoms with Gasteiger partial charge in [0.05, 0.1) is 0 Å². The molecular formula is C12H27NSi. The molecule has 0 amide bonds. The maximum atomic E-state index is 3.96. The molecule has 0 radical (unpaired) electrons. The number of rotatable bonds is 2. The quantitative estimate of drug-likeness (QED) is 0.689. The van der Waals surface area contributed by atoms with E-state index in [1.807, 2.05) is 0 Å². The topological polar surface area (TPSA) is 12.0 Å². The zero-order valence-electron chi connectivity index (χ0n) is 10.8. The minimum absolute atomic E-state index is 0.371. The Bertz CT molecular complexity index is 205. The van der Waals surface area contributed by atoms with Crippen LogP contribution in [-0.4, -0.2) is 13.8 Å². The van der Waals surface area contributed by atoms with Gasteiger partial charge < -0.3 is 4.98 Å². The van der Waals surface area contributed by atoms with E-state index in [-0.39, 0.29) is 0 Å². The van der Waals surface area contributed by atoms with Crippen molar-refractivity contribution in [2.24, 2.45) is 5.41 Å². The molecule has 0 heterocycles. The highest BCUT2D eigenvalue weighted by Crippen LogP contribution is 2.44. The van der Waals surface area contributed by atoms with Gasteiger partial charge in [0.15, 0.2) is 0 Å². The molecule has 14 heavy (non-hydrogen) atoms. The Morgan fingerprint density at radius 2 is 1.43 bits per heavy atom. The number of nitrogens with one attached hydrogen (secondary N) is 1. The van der Waals surface area contributed by atoms with Crippen molar-refractivity contribution in [2.75, 3.05) is 0 Å². The average molecular weight is 213 g/mol. The van der Waals surface area contributed by atoms with E-state index in [1.54, 1.807) is 0 Å². The Labute approximate surface area is 90.8 Å². The fourth-order valence-electron chi connectivity index (χ4n) is 2.72. The van der Waals surface area contributed by atoms with Crippen LogP contribution in [-0.2, 0) is 0 Å². The van der Waals surface area contributed by atoms with Gasteiger partial charge >= 0.3 is 0 Å². The zero-order valence-corrected chi connectivity index (χ0v) is 11.8. The monoisotopic (exact) mass is 213 g/mol. The lowest BCUT2D eigenvalue weighted by atomic mass is 9.65. The Morgan fingerprint density at radius 1 is 0.929 bits per heavy atom. The van der Waals surface area contributed by atoms with Gasteiger partial charge in [0.25, 0.3) is 0 Å². The molecule has 1 rings (SSSR count). The molecule has 1 atom stereocenters. The van der Waals surface area contributed by atoms with Gasteiger partial charge in [-0.3, -0.25) is 0 Å². The van der Waals surface area contributed by atoms with Crippen LogP contribution >= 0.6 is 0 Å². The summed E-state index contributed by atoms with van der Waals surface area (Å²) in [5.41, 5.74) is 0.835. The van der Waals surface area contributed by atoms with Gasteiger partial charge in [-0.15, -0.1) is 0 Å². The average Bonchev–Trinajstić information content (AvgIpc) is 1.92. The fourth-order valence-corrected chi connectivity index (χ4v) is 4.84. The molecule has 1 aliphatic rings. The maximum absolute atomic E-state index is 3.96. The highest BCUT2D eigenvalue weighted by atomic mass is 28.3. The Hall–Kier alpha value is 0.177. The van der Waals surface area contributed by atoms with E-state index in [0.29, 0.717) is 11.0 Å². The minimum atomic E-state index is -1.16. The second-order valence-corrected chi connectivity index (χ2v) is 11.5. The van der Waals surface area contributed by atoms with E-state index in [4.69, 9.17) is 0 Å². The predicted octanol–water partition coefficient (Wildman–Crippen LogP) is 3.77. The van der Waals surface area contributed by atoms with Crippen molar-refractivity contribution in [2.45, 2.75) is 71.6 Å². The van der Waals surface area contributed by atoms with Crippen molar-refractivity contribution in [3.63, 3.8) is 0 Å². The summed E-state index contributed by atoms with van der Waals surface area (Å²) < 4.78 is 0. The number of hydrogen-bond acceptors (Lipinski definition) is 1. The molecule has 1 fully saturated rings. The standard InChI is InChI=1S/C12H27NSi/c1-11(2)9-7-8-10-12(11,3)13-14(4,5)6/h13H,7-10H2,1-6H3. The first-order chi connectivity index (χ1) is 6.16. The van der Waals surface area contributed by atoms with Crippen LogP contribution in [0, 0.1) is 5.41 Å². The Kier molecular flexibility index (Phi) is 3.18. The summed E-state index contributed by atoms with van der Waals surface area (Å²) in [6.07, 6.45) is 5.54. The van der Waals surface area contributed by atoms with Crippen molar-refractivity contribution in [3.8, 4) is 0 Å². The van der Waals surface area contributed by atoms with Crippen LogP contribution in [0.1, 0.15) is 46.5 Å². The summed E-state index contributed by atoms with van der Waals surface area (Å²) in [4.78, 5) is 3.96. The third-order valence-corrected chi connectivity index (χ3v) is 5.17. The van der Waals surface area contributed by atoms with Crippen LogP contribution < -0.4 is 4.98 Å². The molecule has 0 spiro atoms. The first-order valence-corrected chi connectivity index (χ1v) is 9.46. The first kappa shape index (κ1) is 12.2. The normalized spacial score (nSPS) is 33.0. The second-order valence-electron chi connectivity index (χ2n) is 6.80. The number of hydrogen-bond donors (Lipinski definition) is 1. The highest BCUT2D eigenvalue weighted by molar-refractivity contribution is 6.73. The van der Waals surface area contributed by atoms with Crippen molar-refractivity contribution < 1.29 is 0 Å². The van der Waals surface area contributed by atoms with Crippen molar-refractivity contribution in [1.29, 1.82) is 0 Å². The van der Waals surface area contributed by atoms with E-state index < -0.39 is 8.24 Å². The molecule has 1 unspecified atom stereocenters. The SMILES string of the molecule is CC1(C)CCCCC1(C)N[Si](C)(C)C. The van der Waals surface area contributed by atoms with E-state index in [1.165, 1.54) is 25.7 Å². The van der Waals surface area contributed by atoms with E-state index >= 15 is 0 Å². The van der Waals surface area contributed by atoms with Gasteiger partial charge in [-0.1, -0.05) is 46.3 Å². The van der Waals surface area contributed by atoms with Gasteiger partial charge in [0, 0.05) is 5.54 Å². The van der Waals surface area contributed by atoms with Crippen LogP contribution in [0.15, 0.2) is 0 Å². The van der Waals surface area contributed by atoms with Crippen molar-refractivity contribution in [1.82, 2.24) is 4.98 Å². The molecule has 84 valence electrons. The molecule has 0 aliphatic heterocycles.